The SMILES string of the molecule is COc1ccc(-c2nc(CSc3nnc(C(C)(C)C)n3N)cs2)c(OC)c1. The lowest BCUT2D eigenvalue weighted by Crippen LogP contribution is -2.24. The van der Waals surface area contributed by atoms with Crippen LogP contribution in [0.1, 0.15) is 32.3 Å². The van der Waals surface area contributed by atoms with Gasteiger partial charge >= 0.3 is 0 Å². The number of thiazole rings is 1. The number of ether oxygens (including phenoxy) is 2. The van der Waals surface area contributed by atoms with Gasteiger partial charge in [-0.15, -0.1) is 21.5 Å². The maximum atomic E-state index is 6.14. The first-order chi connectivity index (χ1) is 12.8. The second-order valence-corrected chi connectivity index (χ2v) is 8.73. The average Bonchev–Trinajstić information content (AvgIpc) is 3.25. The Hall–Kier alpha value is -2.26. The Labute approximate surface area is 166 Å². The molecule has 9 heteroatoms. The third-order valence-corrected chi connectivity index (χ3v) is 5.78. The maximum Gasteiger partial charge on any atom is 0.210 e. The molecule has 0 unspecified atom stereocenters. The number of nitrogen functional groups attached to an aromatic ring is 1. The van der Waals surface area contributed by atoms with Crippen LogP contribution in [0, 0.1) is 0 Å². The highest BCUT2D eigenvalue weighted by atomic mass is 32.2. The first-order valence-corrected chi connectivity index (χ1v) is 10.2. The molecule has 0 aliphatic heterocycles. The molecule has 0 fully saturated rings. The molecule has 0 radical (unpaired) electrons. The minimum absolute atomic E-state index is 0.153. The molecule has 0 atom stereocenters. The van der Waals surface area contributed by atoms with Crippen molar-refractivity contribution >= 4 is 23.1 Å². The Kier molecular flexibility index (Phi) is 5.61. The molecule has 144 valence electrons. The van der Waals surface area contributed by atoms with E-state index in [1.807, 2.05) is 23.6 Å². The van der Waals surface area contributed by atoms with E-state index in [4.69, 9.17) is 20.3 Å². The monoisotopic (exact) mass is 405 g/mol. The van der Waals surface area contributed by atoms with E-state index in [1.54, 1.807) is 30.2 Å². The van der Waals surface area contributed by atoms with Gasteiger partial charge in [0, 0.05) is 22.6 Å². The summed E-state index contributed by atoms with van der Waals surface area (Å²) in [4.78, 5) is 4.72. The van der Waals surface area contributed by atoms with Gasteiger partial charge in [-0.3, -0.25) is 0 Å². The average molecular weight is 406 g/mol. The summed E-state index contributed by atoms with van der Waals surface area (Å²) >= 11 is 3.09. The second-order valence-electron chi connectivity index (χ2n) is 6.93. The number of hydrogen-bond acceptors (Lipinski definition) is 8. The molecule has 3 aromatic rings. The minimum Gasteiger partial charge on any atom is -0.497 e. The van der Waals surface area contributed by atoms with Crippen molar-refractivity contribution in [2.24, 2.45) is 0 Å². The standard InChI is InChI=1S/C18H23N5O2S2/c1-18(2,3)16-21-22-17(23(16)19)27-10-11-9-26-15(20-11)13-7-6-12(24-4)8-14(13)25-5/h6-9H,10,19H2,1-5H3. The van der Waals surface area contributed by atoms with Crippen LogP contribution >= 0.6 is 23.1 Å². The first-order valence-electron chi connectivity index (χ1n) is 8.34. The topological polar surface area (TPSA) is 88.1 Å². The number of rotatable bonds is 6. The molecular weight excluding hydrogens is 382 g/mol. The first kappa shape index (κ1) is 19.5. The smallest absolute Gasteiger partial charge is 0.210 e. The highest BCUT2D eigenvalue weighted by Gasteiger charge is 2.23. The molecule has 3 rings (SSSR count). The number of aromatic nitrogens is 4. The Morgan fingerprint density at radius 3 is 2.59 bits per heavy atom. The lowest BCUT2D eigenvalue weighted by Gasteiger charge is -2.16. The van der Waals surface area contributed by atoms with Crippen LogP contribution < -0.4 is 15.3 Å². The summed E-state index contributed by atoms with van der Waals surface area (Å²) in [5.41, 5.74) is 1.74. The van der Waals surface area contributed by atoms with Gasteiger partial charge in [0.15, 0.2) is 5.82 Å². The number of thioether (sulfide) groups is 1. The zero-order valence-corrected chi connectivity index (χ0v) is 17.6. The van der Waals surface area contributed by atoms with Crippen molar-refractivity contribution in [2.75, 3.05) is 20.1 Å². The van der Waals surface area contributed by atoms with Crippen LogP contribution in [0.25, 0.3) is 10.6 Å². The van der Waals surface area contributed by atoms with Crippen LogP contribution in [0.15, 0.2) is 28.7 Å². The van der Waals surface area contributed by atoms with Crippen LogP contribution in [0.4, 0.5) is 0 Å². The predicted molar refractivity (Wildman–Crippen MR) is 109 cm³/mol. The lowest BCUT2D eigenvalue weighted by atomic mass is 9.96. The van der Waals surface area contributed by atoms with Crippen LogP contribution in [0.5, 0.6) is 11.5 Å². The normalized spacial score (nSPS) is 11.6. The van der Waals surface area contributed by atoms with Crippen molar-refractivity contribution in [1.29, 1.82) is 0 Å². The van der Waals surface area contributed by atoms with Crippen LogP contribution in [-0.2, 0) is 11.2 Å². The van der Waals surface area contributed by atoms with Crippen molar-refractivity contribution in [3.8, 4) is 22.1 Å². The van der Waals surface area contributed by atoms with Gasteiger partial charge in [0.25, 0.3) is 0 Å². The molecule has 1 aromatic carbocycles. The summed E-state index contributed by atoms with van der Waals surface area (Å²) in [6.07, 6.45) is 0. The van der Waals surface area contributed by atoms with E-state index >= 15 is 0 Å². The van der Waals surface area contributed by atoms with Crippen LogP contribution in [0.3, 0.4) is 0 Å². The molecule has 0 spiro atoms. The zero-order valence-electron chi connectivity index (χ0n) is 16.0. The highest BCUT2D eigenvalue weighted by molar-refractivity contribution is 7.98. The molecule has 2 N–H and O–H groups in total. The van der Waals surface area contributed by atoms with E-state index < -0.39 is 0 Å². The third-order valence-electron chi connectivity index (χ3n) is 3.88. The van der Waals surface area contributed by atoms with E-state index in [0.29, 0.717) is 10.9 Å². The molecular formula is C18H23N5O2S2. The quantitative estimate of drug-likeness (QED) is 0.494. The summed E-state index contributed by atoms with van der Waals surface area (Å²) in [5, 5.41) is 12.0. The van der Waals surface area contributed by atoms with Gasteiger partial charge in [-0.1, -0.05) is 32.5 Å². The number of benzene rings is 1. The second kappa shape index (κ2) is 7.77. The summed E-state index contributed by atoms with van der Waals surface area (Å²) in [5.74, 6) is 9.04. The van der Waals surface area contributed by atoms with Gasteiger partial charge in [-0.25, -0.2) is 9.66 Å². The molecule has 7 nitrogen and oxygen atoms in total. The van der Waals surface area contributed by atoms with Gasteiger partial charge in [0.1, 0.15) is 16.5 Å². The largest absolute Gasteiger partial charge is 0.497 e. The predicted octanol–water partition coefficient (Wildman–Crippen LogP) is 3.72. The fourth-order valence-electron chi connectivity index (χ4n) is 2.50. The van der Waals surface area contributed by atoms with Gasteiger partial charge in [-0.2, -0.15) is 0 Å². The fraction of sp³-hybridized carbons (Fsp3) is 0.389. The Balaban J connectivity index is 1.75. The van der Waals surface area contributed by atoms with Crippen molar-refractivity contribution < 1.29 is 9.47 Å². The van der Waals surface area contributed by atoms with Crippen LogP contribution in [-0.4, -0.2) is 34.1 Å². The van der Waals surface area contributed by atoms with E-state index in [0.717, 1.165) is 33.6 Å². The summed E-state index contributed by atoms with van der Waals surface area (Å²) < 4.78 is 12.3. The zero-order chi connectivity index (χ0) is 19.6. The maximum absolute atomic E-state index is 6.14. The Morgan fingerprint density at radius 1 is 1.19 bits per heavy atom. The van der Waals surface area contributed by atoms with Gasteiger partial charge in [0.2, 0.25) is 5.16 Å². The van der Waals surface area contributed by atoms with E-state index in [2.05, 4.69) is 31.0 Å². The van der Waals surface area contributed by atoms with Crippen molar-refractivity contribution in [3.05, 3.63) is 35.1 Å². The van der Waals surface area contributed by atoms with Crippen LogP contribution in [0.2, 0.25) is 0 Å². The molecule has 0 saturated heterocycles. The summed E-state index contributed by atoms with van der Waals surface area (Å²) in [6, 6.07) is 5.72. The Morgan fingerprint density at radius 2 is 1.96 bits per heavy atom. The number of nitrogens with two attached hydrogens (primary N) is 1. The number of nitrogens with zero attached hydrogens (tertiary/aromatic N) is 4. The lowest BCUT2D eigenvalue weighted by molar-refractivity contribution is 0.395. The fourth-order valence-corrected chi connectivity index (χ4v) is 4.20. The molecule has 2 aromatic heterocycles. The van der Waals surface area contributed by atoms with E-state index in [1.165, 1.54) is 11.8 Å². The van der Waals surface area contributed by atoms with Gasteiger partial charge < -0.3 is 15.3 Å². The molecule has 0 aliphatic carbocycles. The number of hydrogen-bond donors (Lipinski definition) is 1. The molecule has 0 saturated carbocycles. The molecule has 2 heterocycles. The molecule has 0 amide bonds. The van der Waals surface area contributed by atoms with E-state index in [9.17, 15) is 0 Å². The highest BCUT2D eigenvalue weighted by Crippen LogP contribution is 2.36. The van der Waals surface area contributed by atoms with Gasteiger partial charge in [0.05, 0.1) is 25.5 Å². The Bertz CT molecular complexity index is 930. The van der Waals surface area contributed by atoms with Gasteiger partial charge in [-0.05, 0) is 12.1 Å². The number of methoxy groups -OCH3 is 2. The summed E-state index contributed by atoms with van der Waals surface area (Å²) in [7, 11) is 3.28. The molecule has 0 aliphatic rings. The van der Waals surface area contributed by atoms with Crippen molar-refractivity contribution in [1.82, 2.24) is 19.9 Å². The van der Waals surface area contributed by atoms with Crippen molar-refractivity contribution in [3.63, 3.8) is 0 Å². The van der Waals surface area contributed by atoms with Crippen molar-refractivity contribution in [2.45, 2.75) is 37.1 Å². The molecule has 27 heavy (non-hydrogen) atoms. The summed E-state index contributed by atoms with van der Waals surface area (Å²) in [6.45, 7) is 6.18. The molecule has 0 bridgehead atoms. The minimum atomic E-state index is -0.153. The van der Waals surface area contributed by atoms with E-state index in [-0.39, 0.29) is 5.41 Å². The third kappa shape index (κ3) is 4.19.